The number of carbonyl (C=O) groups excluding carboxylic acids is 1. The Balaban J connectivity index is 1.71. The highest BCUT2D eigenvalue weighted by atomic mass is 16.5. The van der Waals surface area contributed by atoms with E-state index in [0.717, 1.165) is 16.5 Å². The van der Waals surface area contributed by atoms with Crippen LogP contribution in [-0.2, 0) is 4.79 Å². The highest BCUT2D eigenvalue weighted by Gasteiger charge is 2.18. The first kappa shape index (κ1) is 17.7. The van der Waals surface area contributed by atoms with Gasteiger partial charge in [0.05, 0.1) is 6.04 Å². The molecule has 0 spiro atoms. The molecule has 0 aliphatic heterocycles. The van der Waals surface area contributed by atoms with Crippen LogP contribution >= 0.6 is 0 Å². The molecule has 0 unspecified atom stereocenters. The van der Waals surface area contributed by atoms with Crippen molar-refractivity contribution in [2.45, 2.75) is 32.9 Å². The van der Waals surface area contributed by atoms with Crippen LogP contribution < -0.4 is 15.7 Å². The standard InChI is InChI=1S/C21H21NO4/c1-13-11-20(23)26-19-12-17(9-10-18(13)19)25-15(3)21(24)22-14(2)16-7-5-4-6-8-16/h4-12,14-15H,1-3H3,(H,22,24)/t14-,15-/m1/s1. The van der Waals surface area contributed by atoms with Gasteiger partial charge in [-0.2, -0.15) is 0 Å². The van der Waals surface area contributed by atoms with Crippen molar-refractivity contribution in [1.29, 1.82) is 0 Å². The van der Waals surface area contributed by atoms with E-state index in [1.807, 2.05) is 50.2 Å². The van der Waals surface area contributed by atoms with Gasteiger partial charge in [0.15, 0.2) is 6.10 Å². The van der Waals surface area contributed by atoms with E-state index in [0.29, 0.717) is 11.3 Å². The highest BCUT2D eigenvalue weighted by molar-refractivity contribution is 5.83. The minimum absolute atomic E-state index is 0.118. The second kappa shape index (κ2) is 7.44. The molecule has 5 heteroatoms. The molecule has 0 saturated heterocycles. The number of hydrogen-bond donors (Lipinski definition) is 1. The van der Waals surface area contributed by atoms with Crippen LogP contribution in [0.25, 0.3) is 11.0 Å². The van der Waals surface area contributed by atoms with Crippen LogP contribution in [0.2, 0.25) is 0 Å². The number of nitrogens with one attached hydrogen (secondary N) is 1. The van der Waals surface area contributed by atoms with Gasteiger partial charge in [0.1, 0.15) is 11.3 Å². The molecular formula is C21H21NO4. The fraction of sp³-hybridized carbons (Fsp3) is 0.238. The molecule has 0 aliphatic carbocycles. The maximum atomic E-state index is 12.4. The lowest BCUT2D eigenvalue weighted by Crippen LogP contribution is -2.37. The second-order valence-electron chi connectivity index (χ2n) is 6.31. The molecule has 0 radical (unpaired) electrons. The van der Waals surface area contributed by atoms with Crippen molar-refractivity contribution >= 4 is 16.9 Å². The Kier molecular flexibility index (Phi) is 5.07. The van der Waals surface area contributed by atoms with E-state index in [-0.39, 0.29) is 11.9 Å². The van der Waals surface area contributed by atoms with Crippen molar-refractivity contribution in [1.82, 2.24) is 5.32 Å². The third kappa shape index (κ3) is 3.94. The number of ether oxygens (including phenoxy) is 1. The number of amides is 1. The number of rotatable bonds is 5. The van der Waals surface area contributed by atoms with Crippen LogP contribution in [0.3, 0.4) is 0 Å². The van der Waals surface area contributed by atoms with Crippen molar-refractivity contribution in [2.75, 3.05) is 0 Å². The molecule has 0 fully saturated rings. The molecule has 5 nitrogen and oxygen atoms in total. The monoisotopic (exact) mass is 351 g/mol. The summed E-state index contributed by atoms with van der Waals surface area (Å²) >= 11 is 0. The van der Waals surface area contributed by atoms with Crippen LogP contribution in [0.4, 0.5) is 0 Å². The van der Waals surface area contributed by atoms with E-state index in [4.69, 9.17) is 9.15 Å². The molecule has 0 saturated carbocycles. The fourth-order valence-corrected chi connectivity index (χ4v) is 2.79. The Bertz CT molecular complexity index is 978. The van der Waals surface area contributed by atoms with E-state index in [1.54, 1.807) is 19.1 Å². The van der Waals surface area contributed by atoms with Crippen molar-refractivity contribution in [2.24, 2.45) is 0 Å². The van der Waals surface area contributed by atoms with Crippen LogP contribution in [0.5, 0.6) is 5.75 Å². The number of carbonyl (C=O) groups is 1. The maximum Gasteiger partial charge on any atom is 0.336 e. The predicted octanol–water partition coefficient (Wildman–Crippen LogP) is 3.75. The first-order chi connectivity index (χ1) is 12.4. The first-order valence-corrected chi connectivity index (χ1v) is 8.50. The van der Waals surface area contributed by atoms with Crippen molar-refractivity contribution in [3.63, 3.8) is 0 Å². The summed E-state index contributed by atoms with van der Waals surface area (Å²) in [5.41, 5.74) is 1.90. The fourth-order valence-electron chi connectivity index (χ4n) is 2.79. The van der Waals surface area contributed by atoms with Gasteiger partial charge in [0.25, 0.3) is 5.91 Å². The number of benzene rings is 2. The van der Waals surface area contributed by atoms with Crippen molar-refractivity contribution < 1.29 is 13.9 Å². The molecule has 1 aromatic heterocycles. The SMILES string of the molecule is Cc1cc(=O)oc2cc(O[C@H](C)C(=O)N[C@H](C)c3ccccc3)ccc12. The Hall–Kier alpha value is -3.08. The van der Waals surface area contributed by atoms with Crippen LogP contribution in [-0.4, -0.2) is 12.0 Å². The summed E-state index contributed by atoms with van der Waals surface area (Å²) in [5, 5.41) is 3.77. The highest BCUT2D eigenvalue weighted by Crippen LogP contribution is 2.23. The smallest absolute Gasteiger partial charge is 0.336 e. The first-order valence-electron chi connectivity index (χ1n) is 8.50. The van der Waals surface area contributed by atoms with Crippen LogP contribution in [0, 0.1) is 6.92 Å². The average molecular weight is 351 g/mol. The molecule has 0 bridgehead atoms. The minimum atomic E-state index is -0.685. The Morgan fingerprint density at radius 3 is 2.54 bits per heavy atom. The normalized spacial score (nSPS) is 13.2. The van der Waals surface area contributed by atoms with Gasteiger partial charge >= 0.3 is 5.63 Å². The molecular weight excluding hydrogens is 330 g/mol. The summed E-state index contributed by atoms with van der Waals surface area (Å²) in [5.74, 6) is 0.258. The summed E-state index contributed by atoms with van der Waals surface area (Å²) in [6, 6.07) is 16.3. The molecule has 2 atom stereocenters. The lowest BCUT2D eigenvalue weighted by Gasteiger charge is -2.19. The van der Waals surface area contributed by atoms with E-state index >= 15 is 0 Å². The van der Waals surface area contributed by atoms with Gasteiger partial charge in [0, 0.05) is 17.5 Å². The van der Waals surface area contributed by atoms with Gasteiger partial charge in [-0.05, 0) is 44.0 Å². The van der Waals surface area contributed by atoms with Crippen LogP contribution in [0.15, 0.2) is 63.8 Å². The van der Waals surface area contributed by atoms with Gasteiger partial charge in [0.2, 0.25) is 0 Å². The average Bonchev–Trinajstić information content (AvgIpc) is 2.61. The quantitative estimate of drug-likeness (QED) is 0.711. The van der Waals surface area contributed by atoms with Gasteiger partial charge < -0.3 is 14.5 Å². The summed E-state index contributed by atoms with van der Waals surface area (Å²) in [4.78, 5) is 23.9. The number of hydrogen-bond acceptors (Lipinski definition) is 4. The molecule has 1 N–H and O–H groups in total. The van der Waals surface area contributed by atoms with Gasteiger partial charge in [-0.15, -0.1) is 0 Å². The molecule has 3 rings (SSSR count). The number of aryl methyl sites for hydroxylation is 1. The molecule has 1 heterocycles. The molecule has 134 valence electrons. The van der Waals surface area contributed by atoms with Crippen LogP contribution in [0.1, 0.15) is 31.0 Å². The minimum Gasteiger partial charge on any atom is -0.481 e. The molecule has 2 aromatic carbocycles. The Morgan fingerprint density at radius 1 is 1.08 bits per heavy atom. The van der Waals surface area contributed by atoms with E-state index < -0.39 is 11.7 Å². The third-order valence-electron chi connectivity index (χ3n) is 4.26. The topological polar surface area (TPSA) is 68.5 Å². The van der Waals surface area contributed by atoms with Gasteiger partial charge in [-0.25, -0.2) is 4.79 Å². The molecule has 3 aromatic rings. The number of fused-ring (bicyclic) bond motifs is 1. The second-order valence-corrected chi connectivity index (χ2v) is 6.31. The molecule has 1 amide bonds. The van der Waals surface area contributed by atoms with Gasteiger partial charge in [-0.3, -0.25) is 4.79 Å². The Morgan fingerprint density at radius 2 is 1.81 bits per heavy atom. The summed E-state index contributed by atoms with van der Waals surface area (Å²) in [6.45, 7) is 5.46. The summed E-state index contributed by atoms with van der Waals surface area (Å²) < 4.78 is 10.9. The van der Waals surface area contributed by atoms with E-state index in [9.17, 15) is 9.59 Å². The van der Waals surface area contributed by atoms with Crippen molar-refractivity contribution in [3.05, 3.63) is 76.1 Å². The van der Waals surface area contributed by atoms with Crippen molar-refractivity contribution in [3.8, 4) is 5.75 Å². The van der Waals surface area contributed by atoms with Gasteiger partial charge in [-0.1, -0.05) is 30.3 Å². The lowest BCUT2D eigenvalue weighted by molar-refractivity contribution is -0.127. The third-order valence-corrected chi connectivity index (χ3v) is 4.26. The largest absolute Gasteiger partial charge is 0.481 e. The summed E-state index contributed by atoms with van der Waals surface area (Å²) in [7, 11) is 0. The maximum absolute atomic E-state index is 12.4. The summed E-state index contributed by atoms with van der Waals surface area (Å²) in [6.07, 6.45) is -0.685. The van der Waals surface area contributed by atoms with E-state index in [2.05, 4.69) is 5.32 Å². The zero-order chi connectivity index (χ0) is 18.7. The Labute approximate surface area is 151 Å². The lowest BCUT2D eigenvalue weighted by atomic mass is 10.1. The van der Waals surface area contributed by atoms with E-state index in [1.165, 1.54) is 6.07 Å². The molecule has 26 heavy (non-hydrogen) atoms. The predicted molar refractivity (Wildman–Crippen MR) is 100 cm³/mol. The zero-order valence-corrected chi connectivity index (χ0v) is 15.0. The molecule has 0 aliphatic rings. The zero-order valence-electron chi connectivity index (χ0n) is 15.0.